The van der Waals surface area contributed by atoms with Crippen LogP contribution >= 0.6 is 11.6 Å². The monoisotopic (exact) mass is 450 g/mol. The molecule has 2 aromatic rings. The number of allylic oxidation sites excluding steroid dienone is 1. The van der Waals surface area contributed by atoms with Crippen LogP contribution < -0.4 is 4.90 Å². The molecule has 5 rings (SSSR count). The van der Waals surface area contributed by atoms with Crippen molar-refractivity contribution in [1.29, 1.82) is 0 Å². The van der Waals surface area contributed by atoms with Crippen LogP contribution in [0.4, 0.5) is 5.69 Å². The predicted molar refractivity (Wildman–Crippen MR) is 122 cm³/mol. The van der Waals surface area contributed by atoms with Crippen LogP contribution in [0.1, 0.15) is 22.8 Å². The van der Waals surface area contributed by atoms with Crippen molar-refractivity contribution in [3.8, 4) is 0 Å². The van der Waals surface area contributed by atoms with Gasteiger partial charge in [-0.2, -0.15) is 0 Å². The van der Waals surface area contributed by atoms with E-state index in [1.807, 2.05) is 42.2 Å². The highest BCUT2D eigenvalue weighted by molar-refractivity contribution is 6.30. The average molecular weight is 451 g/mol. The largest absolute Gasteiger partial charge is 0.383 e. The first-order valence-corrected chi connectivity index (χ1v) is 11.0. The van der Waals surface area contributed by atoms with Crippen LogP contribution in [0.3, 0.4) is 0 Å². The maximum absolute atomic E-state index is 13.8. The Morgan fingerprint density at radius 2 is 1.72 bits per heavy atom. The van der Waals surface area contributed by atoms with E-state index in [1.54, 1.807) is 24.3 Å². The number of Topliss-reactive ketones (excluding diaryl/α,β-unsaturated/α-hetero) is 1. The fourth-order valence-electron chi connectivity index (χ4n) is 5.35. The Kier molecular flexibility index (Phi) is 5.14. The summed E-state index contributed by atoms with van der Waals surface area (Å²) < 4.78 is 5.10. The van der Waals surface area contributed by atoms with Gasteiger partial charge in [0.1, 0.15) is 6.04 Å². The zero-order valence-electron chi connectivity index (χ0n) is 17.8. The van der Waals surface area contributed by atoms with Crippen molar-refractivity contribution in [3.63, 3.8) is 0 Å². The van der Waals surface area contributed by atoms with Crippen LogP contribution in [-0.2, 0) is 14.3 Å². The van der Waals surface area contributed by atoms with Crippen molar-refractivity contribution < 1.29 is 19.1 Å². The van der Waals surface area contributed by atoms with Crippen LogP contribution in [0.25, 0.3) is 5.57 Å². The SMILES string of the molecule is COCCN1C(=O)[C@@H]2[C@H](C1=O)[C@H](C(=O)c1ccc(Cl)cc1)N1c3ccccc3C(C)=C[C@@H]21. The number of rotatable bonds is 5. The number of methoxy groups -OCH3 is 1. The number of hydrogen-bond acceptors (Lipinski definition) is 5. The average Bonchev–Trinajstić information content (AvgIpc) is 3.25. The molecule has 32 heavy (non-hydrogen) atoms. The van der Waals surface area contributed by atoms with Crippen LogP contribution in [0.2, 0.25) is 5.02 Å². The van der Waals surface area contributed by atoms with Gasteiger partial charge in [-0.25, -0.2) is 0 Å². The van der Waals surface area contributed by atoms with E-state index in [0.717, 1.165) is 16.8 Å². The van der Waals surface area contributed by atoms with Gasteiger partial charge < -0.3 is 9.64 Å². The van der Waals surface area contributed by atoms with Crippen molar-refractivity contribution in [2.24, 2.45) is 11.8 Å². The first-order chi connectivity index (χ1) is 15.4. The molecule has 0 bridgehead atoms. The van der Waals surface area contributed by atoms with Crippen molar-refractivity contribution >= 4 is 40.5 Å². The number of halogens is 1. The Bertz CT molecular complexity index is 1140. The number of ketones is 1. The lowest BCUT2D eigenvalue weighted by molar-refractivity contribution is -0.141. The highest BCUT2D eigenvalue weighted by Gasteiger charge is 2.64. The van der Waals surface area contributed by atoms with Crippen molar-refractivity contribution in [1.82, 2.24) is 4.90 Å². The third-order valence-electron chi connectivity index (χ3n) is 6.76. The van der Waals surface area contributed by atoms with Crippen molar-refractivity contribution in [3.05, 3.63) is 70.8 Å². The summed E-state index contributed by atoms with van der Waals surface area (Å²) in [6.45, 7) is 2.46. The number of hydrogen-bond donors (Lipinski definition) is 0. The number of imide groups is 1. The van der Waals surface area contributed by atoms with Gasteiger partial charge in [-0.3, -0.25) is 19.3 Å². The molecule has 3 aliphatic rings. The molecule has 0 N–H and O–H groups in total. The molecule has 2 fully saturated rings. The summed E-state index contributed by atoms with van der Waals surface area (Å²) in [5.74, 6) is -2.08. The third-order valence-corrected chi connectivity index (χ3v) is 7.01. The van der Waals surface area contributed by atoms with Crippen LogP contribution in [0, 0.1) is 11.8 Å². The number of ether oxygens (including phenoxy) is 1. The summed E-state index contributed by atoms with van der Waals surface area (Å²) in [7, 11) is 1.53. The van der Waals surface area contributed by atoms with E-state index in [4.69, 9.17) is 16.3 Å². The summed E-state index contributed by atoms with van der Waals surface area (Å²) in [5, 5.41) is 0.531. The molecule has 7 heteroatoms. The quantitative estimate of drug-likeness (QED) is 0.515. The fourth-order valence-corrected chi connectivity index (χ4v) is 5.47. The minimum Gasteiger partial charge on any atom is -0.383 e. The number of amides is 2. The molecular formula is C25H23ClN2O4. The molecule has 0 spiro atoms. The number of fused-ring (bicyclic) bond motifs is 5. The second kappa shape index (κ2) is 7.87. The van der Waals surface area contributed by atoms with Gasteiger partial charge in [0.05, 0.1) is 31.0 Å². The smallest absolute Gasteiger partial charge is 0.235 e. The summed E-state index contributed by atoms with van der Waals surface area (Å²) >= 11 is 6.02. The number of anilines is 1. The maximum Gasteiger partial charge on any atom is 0.235 e. The number of likely N-dealkylation sites (tertiary alicyclic amines) is 1. The van der Waals surface area contributed by atoms with Gasteiger partial charge in [0.15, 0.2) is 5.78 Å². The van der Waals surface area contributed by atoms with Crippen molar-refractivity contribution in [2.45, 2.75) is 19.0 Å². The molecule has 2 amide bonds. The van der Waals surface area contributed by atoms with Crippen LogP contribution in [0.15, 0.2) is 54.6 Å². The normalized spacial score (nSPS) is 26.0. The van der Waals surface area contributed by atoms with Gasteiger partial charge in [0.25, 0.3) is 0 Å². The lowest BCUT2D eigenvalue weighted by Crippen LogP contribution is -2.49. The van der Waals surface area contributed by atoms with Crippen LogP contribution in [-0.4, -0.2) is 54.8 Å². The molecule has 3 aliphatic heterocycles. The third kappa shape index (κ3) is 3.01. The fraction of sp³-hybridized carbons (Fsp3) is 0.320. The lowest BCUT2D eigenvalue weighted by Gasteiger charge is -2.38. The zero-order chi connectivity index (χ0) is 22.6. The van der Waals surface area contributed by atoms with Gasteiger partial charge in [-0.05, 0) is 42.8 Å². The number of para-hydroxylation sites is 1. The van der Waals surface area contributed by atoms with Crippen molar-refractivity contribution in [2.75, 3.05) is 25.2 Å². The molecule has 0 unspecified atom stereocenters. The molecule has 3 heterocycles. The summed E-state index contributed by atoms with van der Waals surface area (Å²) in [4.78, 5) is 43.9. The van der Waals surface area contributed by atoms with Gasteiger partial charge in [-0.1, -0.05) is 35.9 Å². The topological polar surface area (TPSA) is 66.9 Å². The van der Waals surface area contributed by atoms with E-state index in [2.05, 4.69) is 0 Å². The van der Waals surface area contributed by atoms with E-state index in [1.165, 1.54) is 12.0 Å². The minimum absolute atomic E-state index is 0.184. The van der Waals surface area contributed by atoms with Crippen LogP contribution in [0.5, 0.6) is 0 Å². The lowest BCUT2D eigenvalue weighted by atomic mass is 9.85. The Morgan fingerprint density at radius 3 is 2.44 bits per heavy atom. The first kappa shape index (κ1) is 20.9. The van der Waals surface area contributed by atoms with E-state index >= 15 is 0 Å². The Morgan fingerprint density at radius 1 is 1.03 bits per heavy atom. The molecule has 164 valence electrons. The molecular weight excluding hydrogens is 428 g/mol. The molecule has 0 aromatic heterocycles. The molecule has 0 aliphatic carbocycles. The van der Waals surface area contributed by atoms with Gasteiger partial charge in [0, 0.05) is 28.9 Å². The molecule has 2 aromatic carbocycles. The molecule has 0 radical (unpaired) electrons. The highest BCUT2D eigenvalue weighted by atomic mass is 35.5. The second-order valence-corrected chi connectivity index (χ2v) is 8.89. The number of carbonyl (C=O) groups excluding carboxylic acids is 3. The zero-order valence-corrected chi connectivity index (χ0v) is 18.6. The van der Waals surface area contributed by atoms with E-state index in [9.17, 15) is 14.4 Å². The second-order valence-electron chi connectivity index (χ2n) is 8.45. The Hall–Kier alpha value is -2.96. The number of nitrogens with zero attached hydrogens (tertiary/aromatic N) is 2. The molecule has 2 saturated heterocycles. The molecule has 6 nitrogen and oxygen atoms in total. The molecule has 0 saturated carbocycles. The van der Waals surface area contributed by atoms with Gasteiger partial charge in [-0.15, -0.1) is 0 Å². The van der Waals surface area contributed by atoms with E-state index < -0.39 is 17.9 Å². The summed E-state index contributed by atoms with van der Waals surface area (Å²) in [5.41, 5.74) is 3.39. The molecule has 4 atom stereocenters. The van der Waals surface area contributed by atoms with E-state index in [-0.39, 0.29) is 36.8 Å². The number of carbonyl (C=O) groups is 3. The Labute approximate surface area is 191 Å². The highest BCUT2D eigenvalue weighted by Crippen LogP contribution is 2.50. The van der Waals surface area contributed by atoms with E-state index in [0.29, 0.717) is 10.6 Å². The minimum atomic E-state index is -0.777. The number of benzene rings is 2. The Balaban J connectivity index is 1.64. The van der Waals surface area contributed by atoms with Gasteiger partial charge in [0.2, 0.25) is 11.8 Å². The first-order valence-electron chi connectivity index (χ1n) is 10.6. The standard InChI is InChI=1S/C25H23ClN2O4/c1-14-13-19-20-21(25(31)27(24(20)30)11-12-32-2)22(23(29)15-7-9-16(26)10-8-15)28(19)18-6-4-3-5-17(14)18/h3-10,13,19-22H,11-12H2,1-2H3/t19-,20-,21-,22+/m0/s1. The summed E-state index contributed by atoms with van der Waals surface area (Å²) in [6.07, 6.45) is 2.03. The summed E-state index contributed by atoms with van der Waals surface area (Å²) in [6, 6.07) is 13.4. The van der Waals surface area contributed by atoms with Gasteiger partial charge >= 0.3 is 0 Å². The predicted octanol–water partition coefficient (Wildman–Crippen LogP) is 3.44. The maximum atomic E-state index is 13.8.